The Balaban J connectivity index is 2.09. The molecule has 3 rings (SSSR count). The zero-order chi connectivity index (χ0) is 30.0. The number of anilines is 2. The van der Waals surface area contributed by atoms with E-state index in [0.717, 1.165) is 21.9 Å². The molecule has 0 bridgehead atoms. The third kappa shape index (κ3) is 7.31. The summed E-state index contributed by atoms with van der Waals surface area (Å²) in [6.07, 6.45) is -12.7. The van der Waals surface area contributed by atoms with Crippen LogP contribution in [0.1, 0.15) is 18.1 Å². The van der Waals surface area contributed by atoms with E-state index in [4.69, 9.17) is 17.0 Å². The van der Waals surface area contributed by atoms with E-state index in [1.807, 2.05) is 0 Å². The van der Waals surface area contributed by atoms with Crippen LogP contribution >= 0.6 is 12.2 Å². The van der Waals surface area contributed by atoms with Gasteiger partial charge in [0.2, 0.25) is 0 Å². The van der Waals surface area contributed by atoms with Gasteiger partial charge >= 0.3 is 18.4 Å². The zero-order valence-electron chi connectivity index (χ0n) is 21.7. The lowest BCUT2D eigenvalue weighted by atomic mass is 10.1. The van der Waals surface area contributed by atoms with Crippen molar-refractivity contribution in [3.8, 4) is 5.75 Å². The van der Waals surface area contributed by atoms with E-state index in [1.54, 1.807) is 19.0 Å². The Bertz CT molecular complexity index is 1220. The molecule has 2 aromatic rings. The number of carbonyl (C=O) groups is 1. The van der Waals surface area contributed by atoms with Crippen molar-refractivity contribution in [2.24, 2.45) is 0 Å². The molecular formula is C25H27F7N4O3S. The zero-order valence-corrected chi connectivity index (χ0v) is 22.5. The summed E-state index contributed by atoms with van der Waals surface area (Å²) in [5, 5.41) is 10.1. The lowest BCUT2D eigenvalue weighted by Gasteiger charge is -2.28. The number of alkyl halides is 6. The highest BCUT2D eigenvalue weighted by Crippen LogP contribution is 2.47. The number of β-amino-alcohol motifs (C(OH)–C–C–N with tert-alkyl or cyclic N) is 1. The number of benzene rings is 2. The molecule has 1 amide bonds. The van der Waals surface area contributed by atoms with E-state index >= 15 is 0 Å². The summed E-state index contributed by atoms with van der Waals surface area (Å²) in [7, 11) is 3.43. The van der Waals surface area contributed by atoms with E-state index < -0.39 is 52.9 Å². The van der Waals surface area contributed by atoms with Gasteiger partial charge in [0.1, 0.15) is 11.4 Å². The molecule has 1 saturated heterocycles. The van der Waals surface area contributed by atoms with Gasteiger partial charge in [0.15, 0.2) is 10.9 Å². The van der Waals surface area contributed by atoms with Crippen molar-refractivity contribution >= 4 is 34.8 Å². The average Bonchev–Trinajstić information content (AvgIpc) is 3.18. The van der Waals surface area contributed by atoms with Gasteiger partial charge < -0.3 is 24.5 Å². The number of likely N-dealkylation sites (N-methyl/N-ethyl adjacent to an activating group) is 1. The first-order valence-electron chi connectivity index (χ1n) is 12.0. The summed E-state index contributed by atoms with van der Waals surface area (Å²) in [4.78, 5) is 18.1. The molecule has 1 unspecified atom stereocenters. The smallest absolute Gasteiger partial charge is 0.407 e. The Morgan fingerprint density at radius 3 is 2.23 bits per heavy atom. The summed E-state index contributed by atoms with van der Waals surface area (Å²) in [5.41, 5.74) is -4.06. The molecule has 1 N–H and O–H groups in total. The van der Waals surface area contributed by atoms with Gasteiger partial charge in [0.05, 0.1) is 17.4 Å². The molecule has 220 valence electrons. The fraction of sp³-hybridized carbons (Fsp3) is 0.440. The standard InChI is InChI=1S/C25H27F7N4O3S/c1-4-35(17-7-5-16(26)6-8-17)23(38)39-21-19(25(30,31)32)11-15(24(27,28)29)12-20(21)36-10-9-34(22(36)40)14-18(37)13-33(2)3/h5-8,11-12,18,37H,4,9-10,13-14H2,1-3H3. The Kier molecular flexibility index (Phi) is 9.52. The van der Waals surface area contributed by atoms with Gasteiger partial charge in [0.25, 0.3) is 0 Å². The maximum absolute atomic E-state index is 14.1. The summed E-state index contributed by atoms with van der Waals surface area (Å²) in [6.45, 7) is 1.54. The van der Waals surface area contributed by atoms with Crippen molar-refractivity contribution in [1.82, 2.24) is 9.80 Å². The molecule has 1 aliphatic rings. The Labute approximate surface area is 231 Å². The summed E-state index contributed by atoms with van der Waals surface area (Å²) in [5.74, 6) is -1.79. The van der Waals surface area contributed by atoms with Crippen LogP contribution in [0, 0.1) is 5.82 Å². The number of ether oxygens (including phenoxy) is 1. The van der Waals surface area contributed by atoms with Crippen molar-refractivity contribution in [1.29, 1.82) is 0 Å². The second-order valence-electron chi connectivity index (χ2n) is 9.25. The number of aliphatic hydroxyl groups is 1. The largest absolute Gasteiger partial charge is 0.420 e. The van der Waals surface area contributed by atoms with Gasteiger partial charge in [0, 0.05) is 38.4 Å². The number of carbonyl (C=O) groups excluding carboxylic acids is 1. The van der Waals surface area contributed by atoms with Crippen LogP contribution in [-0.2, 0) is 12.4 Å². The molecule has 1 fully saturated rings. The Hall–Kier alpha value is -3.17. The second-order valence-corrected chi connectivity index (χ2v) is 9.62. The van der Waals surface area contributed by atoms with Gasteiger partial charge in [-0.25, -0.2) is 9.18 Å². The number of thiocarbonyl (C=S) groups is 1. The number of hydrogen-bond donors (Lipinski definition) is 1. The molecule has 0 saturated carbocycles. The lowest BCUT2D eigenvalue weighted by molar-refractivity contribution is -0.143. The van der Waals surface area contributed by atoms with Gasteiger partial charge in [-0.05, 0) is 69.6 Å². The minimum absolute atomic E-state index is 0.0259. The SMILES string of the molecule is CCN(C(=O)Oc1c(N2CCN(CC(O)CN(C)C)C2=S)cc(C(F)(F)F)cc1C(F)(F)F)c1ccc(F)cc1. The second kappa shape index (κ2) is 12.1. The van der Waals surface area contributed by atoms with E-state index in [1.165, 1.54) is 24.0 Å². The number of rotatable bonds is 8. The minimum atomic E-state index is -5.35. The highest BCUT2D eigenvalue weighted by atomic mass is 32.1. The molecule has 0 aromatic heterocycles. The topological polar surface area (TPSA) is 59.5 Å². The van der Waals surface area contributed by atoms with E-state index in [2.05, 4.69) is 0 Å². The molecule has 0 spiro atoms. The highest BCUT2D eigenvalue weighted by Gasteiger charge is 2.43. The number of amides is 1. The van der Waals surface area contributed by atoms with Crippen LogP contribution in [0.3, 0.4) is 0 Å². The third-order valence-electron chi connectivity index (χ3n) is 5.96. The normalized spacial score (nSPS) is 15.2. The minimum Gasteiger partial charge on any atom is -0.407 e. The summed E-state index contributed by atoms with van der Waals surface area (Å²) >= 11 is 5.36. The predicted molar refractivity (Wildman–Crippen MR) is 138 cm³/mol. The molecular weight excluding hydrogens is 569 g/mol. The maximum atomic E-state index is 14.1. The molecule has 1 atom stereocenters. The molecule has 1 heterocycles. The summed E-state index contributed by atoms with van der Waals surface area (Å²) in [6, 6.07) is 4.77. The predicted octanol–water partition coefficient (Wildman–Crippen LogP) is 5.22. The van der Waals surface area contributed by atoms with Gasteiger partial charge in [-0.2, -0.15) is 26.3 Å². The average molecular weight is 597 g/mol. The van der Waals surface area contributed by atoms with Crippen molar-refractivity contribution in [2.75, 3.05) is 56.6 Å². The van der Waals surface area contributed by atoms with Crippen LogP contribution in [0.2, 0.25) is 0 Å². The molecule has 0 aliphatic carbocycles. The molecule has 40 heavy (non-hydrogen) atoms. The maximum Gasteiger partial charge on any atom is 0.420 e. The van der Waals surface area contributed by atoms with Crippen LogP contribution in [0.5, 0.6) is 5.75 Å². The number of hydrogen-bond acceptors (Lipinski definition) is 5. The highest BCUT2D eigenvalue weighted by molar-refractivity contribution is 7.80. The number of nitrogens with zero attached hydrogens (tertiary/aromatic N) is 4. The fourth-order valence-electron chi connectivity index (χ4n) is 4.19. The fourth-order valence-corrected chi connectivity index (χ4v) is 4.54. The van der Waals surface area contributed by atoms with E-state index in [0.29, 0.717) is 6.07 Å². The number of halogens is 7. The first kappa shape index (κ1) is 31.4. The molecule has 1 aliphatic heterocycles. The van der Waals surface area contributed by atoms with Gasteiger partial charge in [-0.1, -0.05) is 0 Å². The molecule has 0 radical (unpaired) electrons. The van der Waals surface area contributed by atoms with Crippen molar-refractivity contribution in [2.45, 2.75) is 25.4 Å². The Morgan fingerprint density at radius 1 is 1.07 bits per heavy atom. The van der Waals surface area contributed by atoms with E-state index in [9.17, 15) is 40.6 Å². The van der Waals surface area contributed by atoms with Crippen LogP contribution in [0.25, 0.3) is 0 Å². The van der Waals surface area contributed by atoms with Crippen molar-refractivity contribution in [3.05, 3.63) is 53.3 Å². The van der Waals surface area contributed by atoms with Crippen molar-refractivity contribution < 1.29 is 45.4 Å². The lowest BCUT2D eigenvalue weighted by Crippen LogP contribution is -2.40. The molecule has 2 aromatic carbocycles. The van der Waals surface area contributed by atoms with Crippen LogP contribution in [0.15, 0.2) is 36.4 Å². The van der Waals surface area contributed by atoms with Crippen molar-refractivity contribution in [3.63, 3.8) is 0 Å². The molecule has 15 heteroatoms. The summed E-state index contributed by atoms with van der Waals surface area (Å²) < 4.78 is 102. The molecule has 7 nitrogen and oxygen atoms in total. The quantitative estimate of drug-likeness (QED) is 0.332. The third-order valence-corrected chi connectivity index (χ3v) is 6.44. The monoisotopic (exact) mass is 596 g/mol. The van der Waals surface area contributed by atoms with Gasteiger partial charge in [-0.15, -0.1) is 0 Å². The Morgan fingerprint density at radius 2 is 1.70 bits per heavy atom. The van der Waals surface area contributed by atoms with E-state index in [-0.39, 0.29) is 49.6 Å². The van der Waals surface area contributed by atoms with Crippen LogP contribution < -0.4 is 14.5 Å². The van der Waals surface area contributed by atoms with Crippen LogP contribution in [0.4, 0.5) is 46.9 Å². The number of aliphatic hydroxyl groups excluding tert-OH is 1. The van der Waals surface area contributed by atoms with Gasteiger partial charge in [-0.3, -0.25) is 4.90 Å². The first-order chi connectivity index (χ1) is 18.5. The van der Waals surface area contributed by atoms with Crippen LogP contribution in [-0.4, -0.2) is 79.0 Å². The first-order valence-corrected chi connectivity index (χ1v) is 12.4.